The zero-order valence-electron chi connectivity index (χ0n) is 15.3. The maximum Gasteiger partial charge on any atom is 0.193 e. The molecule has 2 aromatic heterocycles. The number of fused-ring (bicyclic) bond motifs is 1. The van der Waals surface area contributed by atoms with Crippen molar-refractivity contribution in [2.24, 2.45) is 12.0 Å². The van der Waals surface area contributed by atoms with E-state index in [-0.39, 0.29) is 29.8 Å². The number of rotatable bonds is 5. The third-order valence-corrected chi connectivity index (χ3v) is 4.43. The maximum absolute atomic E-state index is 13.3. The van der Waals surface area contributed by atoms with Gasteiger partial charge in [-0.25, -0.2) is 4.39 Å². The van der Waals surface area contributed by atoms with Crippen LogP contribution in [0, 0.1) is 5.82 Å². The average Bonchev–Trinajstić information content (AvgIpc) is 3.17. The first-order valence-corrected chi connectivity index (χ1v) is 8.36. The van der Waals surface area contributed by atoms with Crippen LogP contribution in [0.2, 0.25) is 0 Å². The quantitative estimate of drug-likeness (QED) is 0.342. The van der Waals surface area contributed by atoms with E-state index in [9.17, 15) is 4.39 Å². The van der Waals surface area contributed by atoms with Crippen molar-refractivity contribution in [3.63, 3.8) is 0 Å². The number of halogens is 2. The van der Waals surface area contributed by atoms with Gasteiger partial charge in [-0.05, 0) is 42.3 Å². The lowest BCUT2D eigenvalue weighted by atomic mass is 10.1. The van der Waals surface area contributed by atoms with Gasteiger partial charge in [-0.15, -0.1) is 24.0 Å². The standard InChI is InChI=1S/C19H24FN5.HI/c1-21-19(25(3)13-16-5-4-10-24(16)2)22-9-8-14-12-23-18-11-15(20)6-7-17(14)18;/h4-7,10-12,23H,8-9,13H2,1-3H3,(H,21,22);1H. The molecule has 0 saturated carbocycles. The molecule has 0 saturated heterocycles. The van der Waals surface area contributed by atoms with Gasteiger partial charge >= 0.3 is 0 Å². The highest BCUT2D eigenvalue weighted by atomic mass is 127. The Morgan fingerprint density at radius 2 is 2.15 bits per heavy atom. The molecule has 0 atom stereocenters. The molecule has 2 heterocycles. The molecule has 0 unspecified atom stereocenters. The number of aromatic amines is 1. The number of hydrogen-bond donors (Lipinski definition) is 2. The third kappa shape index (κ3) is 4.57. The van der Waals surface area contributed by atoms with Gasteiger partial charge in [-0.3, -0.25) is 4.99 Å². The van der Waals surface area contributed by atoms with Crippen molar-refractivity contribution < 1.29 is 4.39 Å². The lowest BCUT2D eigenvalue weighted by Crippen LogP contribution is -2.39. The number of aromatic nitrogens is 2. The fraction of sp³-hybridized carbons (Fsp3) is 0.316. The van der Waals surface area contributed by atoms with Crippen molar-refractivity contribution in [1.29, 1.82) is 0 Å². The summed E-state index contributed by atoms with van der Waals surface area (Å²) in [6.45, 7) is 1.55. The Balaban J connectivity index is 0.00000243. The van der Waals surface area contributed by atoms with Crippen LogP contribution < -0.4 is 5.32 Å². The molecule has 0 bridgehead atoms. The number of benzene rings is 1. The van der Waals surface area contributed by atoms with Crippen molar-refractivity contribution in [2.45, 2.75) is 13.0 Å². The number of guanidine groups is 1. The van der Waals surface area contributed by atoms with Gasteiger partial charge in [0.1, 0.15) is 5.82 Å². The SMILES string of the molecule is CN=C(NCCc1c[nH]c2cc(F)ccc12)N(C)Cc1cccn1C.I. The molecule has 0 radical (unpaired) electrons. The molecule has 5 nitrogen and oxygen atoms in total. The van der Waals surface area contributed by atoms with Crippen LogP contribution in [0.1, 0.15) is 11.3 Å². The van der Waals surface area contributed by atoms with Crippen molar-refractivity contribution >= 4 is 40.8 Å². The van der Waals surface area contributed by atoms with Crippen LogP contribution in [-0.4, -0.2) is 41.1 Å². The molecule has 3 rings (SSSR count). The molecule has 3 aromatic rings. The van der Waals surface area contributed by atoms with Gasteiger partial charge in [0.15, 0.2) is 5.96 Å². The zero-order chi connectivity index (χ0) is 17.8. The van der Waals surface area contributed by atoms with E-state index in [0.717, 1.165) is 36.4 Å². The van der Waals surface area contributed by atoms with Crippen LogP contribution in [0.5, 0.6) is 0 Å². The van der Waals surface area contributed by atoms with Gasteiger partial charge < -0.3 is 19.8 Å². The van der Waals surface area contributed by atoms with E-state index in [0.29, 0.717) is 0 Å². The second-order valence-corrected chi connectivity index (χ2v) is 6.19. The molecule has 26 heavy (non-hydrogen) atoms. The van der Waals surface area contributed by atoms with E-state index >= 15 is 0 Å². The Morgan fingerprint density at radius 3 is 2.85 bits per heavy atom. The van der Waals surface area contributed by atoms with Gasteiger partial charge in [-0.2, -0.15) is 0 Å². The Labute approximate surface area is 170 Å². The van der Waals surface area contributed by atoms with Crippen molar-refractivity contribution in [1.82, 2.24) is 19.8 Å². The smallest absolute Gasteiger partial charge is 0.193 e. The summed E-state index contributed by atoms with van der Waals surface area (Å²) in [5.74, 6) is 0.633. The van der Waals surface area contributed by atoms with Crippen LogP contribution in [-0.2, 0) is 20.0 Å². The largest absolute Gasteiger partial charge is 0.361 e. The van der Waals surface area contributed by atoms with Crippen LogP contribution in [0.4, 0.5) is 4.39 Å². The first-order chi connectivity index (χ1) is 12.1. The topological polar surface area (TPSA) is 48.4 Å². The normalized spacial score (nSPS) is 11.5. The Morgan fingerprint density at radius 1 is 1.35 bits per heavy atom. The van der Waals surface area contributed by atoms with Gasteiger partial charge in [0.25, 0.3) is 0 Å². The molecular weight excluding hydrogens is 444 g/mol. The summed E-state index contributed by atoms with van der Waals surface area (Å²) < 4.78 is 15.4. The number of hydrogen-bond acceptors (Lipinski definition) is 1. The zero-order valence-corrected chi connectivity index (χ0v) is 17.6. The second-order valence-electron chi connectivity index (χ2n) is 6.19. The average molecular weight is 469 g/mol. The van der Waals surface area contributed by atoms with Crippen molar-refractivity contribution in [3.8, 4) is 0 Å². The maximum atomic E-state index is 13.3. The number of H-pyrrole nitrogens is 1. The minimum Gasteiger partial charge on any atom is -0.361 e. The molecule has 2 N–H and O–H groups in total. The molecule has 7 heteroatoms. The highest BCUT2D eigenvalue weighted by molar-refractivity contribution is 14.0. The summed E-state index contributed by atoms with van der Waals surface area (Å²) >= 11 is 0. The summed E-state index contributed by atoms with van der Waals surface area (Å²) in [6, 6.07) is 9.00. The number of aliphatic imine (C=N–C) groups is 1. The molecule has 140 valence electrons. The summed E-state index contributed by atoms with van der Waals surface area (Å²) in [5, 5.41) is 4.46. The summed E-state index contributed by atoms with van der Waals surface area (Å²) in [6.07, 6.45) is 4.82. The molecule has 0 aliphatic heterocycles. The molecule has 0 spiro atoms. The van der Waals surface area contributed by atoms with Gasteiger partial charge in [0, 0.05) is 56.7 Å². The molecule has 1 aromatic carbocycles. The minimum absolute atomic E-state index is 0. The first-order valence-electron chi connectivity index (χ1n) is 8.36. The van der Waals surface area contributed by atoms with E-state index in [2.05, 4.69) is 30.8 Å². The second kappa shape index (κ2) is 9.07. The molecule has 0 aliphatic rings. The lowest BCUT2D eigenvalue weighted by Gasteiger charge is -2.22. The molecular formula is C19H25FIN5. The monoisotopic (exact) mass is 469 g/mol. The first kappa shape index (κ1) is 20.3. The Bertz CT molecular complexity index is 883. The van der Waals surface area contributed by atoms with E-state index in [1.165, 1.54) is 23.4 Å². The highest BCUT2D eigenvalue weighted by Crippen LogP contribution is 2.19. The van der Waals surface area contributed by atoms with Gasteiger partial charge in [0.2, 0.25) is 0 Å². The number of nitrogens with one attached hydrogen (secondary N) is 2. The highest BCUT2D eigenvalue weighted by Gasteiger charge is 2.09. The van der Waals surface area contributed by atoms with Gasteiger partial charge in [-0.1, -0.05) is 0 Å². The van der Waals surface area contributed by atoms with Gasteiger partial charge in [0.05, 0.1) is 6.54 Å². The molecule has 0 amide bonds. The Kier molecular flexibility index (Phi) is 7.07. The fourth-order valence-corrected chi connectivity index (χ4v) is 3.04. The van der Waals surface area contributed by atoms with Crippen LogP contribution >= 0.6 is 24.0 Å². The third-order valence-electron chi connectivity index (χ3n) is 4.43. The van der Waals surface area contributed by atoms with E-state index in [1.54, 1.807) is 7.05 Å². The molecule has 0 fully saturated rings. The van der Waals surface area contributed by atoms with Crippen LogP contribution in [0.15, 0.2) is 47.7 Å². The number of nitrogens with zero attached hydrogens (tertiary/aromatic N) is 3. The lowest BCUT2D eigenvalue weighted by molar-refractivity contribution is 0.462. The van der Waals surface area contributed by atoms with E-state index < -0.39 is 0 Å². The summed E-state index contributed by atoms with van der Waals surface area (Å²) in [4.78, 5) is 9.58. The predicted octanol–water partition coefficient (Wildman–Crippen LogP) is 3.51. The summed E-state index contributed by atoms with van der Waals surface area (Å²) in [7, 11) is 5.86. The predicted molar refractivity (Wildman–Crippen MR) is 116 cm³/mol. The van der Waals surface area contributed by atoms with E-state index in [1.807, 2.05) is 38.6 Å². The van der Waals surface area contributed by atoms with Crippen molar-refractivity contribution in [3.05, 3.63) is 59.8 Å². The summed E-state index contributed by atoms with van der Waals surface area (Å²) in [5.41, 5.74) is 3.23. The van der Waals surface area contributed by atoms with E-state index in [4.69, 9.17) is 0 Å². The Hall–Kier alpha value is -2.03. The minimum atomic E-state index is -0.221. The fourth-order valence-electron chi connectivity index (χ4n) is 3.04. The number of aryl methyl sites for hydroxylation is 1. The van der Waals surface area contributed by atoms with Crippen LogP contribution in [0.25, 0.3) is 10.9 Å². The molecule has 0 aliphatic carbocycles. The van der Waals surface area contributed by atoms with Crippen molar-refractivity contribution in [2.75, 3.05) is 20.6 Å². The van der Waals surface area contributed by atoms with Crippen LogP contribution in [0.3, 0.4) is 0 Å².